The maximum atomic E-state index is 11.9. The van der Waals surface area contributed by atoms with Crippen LogP contribution in [0.1, 0.15) is 32.3 Å². The molecule has 102 valence electrons. The Morgan fingerprint density at radius 1 is 1.32 bits per heavy atom. The molecular weight excluding hydrogens is 242 g/mol. The first kappa shape index (κ1) is 15.0. The largest absolute Gasteiger partial charge is 0.478 e. The Hall–Kier alpha value is -2.10. The third-order valence-corrected chi connectivity index (χ3v) is 2.93. The molecule has 0 aliphatic heterocycles. The van der Waals surface area contributed by atoms with Crippen LogP contribution in [0.3, 0.4) is 0 Å². The van der Waals surface area contributed by atoms with E-state index in [1.165, 1.54) is 6.08 Å². The summed E-state index contributed by atoms with van der Waals surface area (Å²) in [7, 11) is 0. The van der Waals surface area contributed by atoms with Crippen LogP contribution in [-0.4, -0.2) is 17.0 Å². The Balaban J connectivity index is 2.77. The van der Waals surface area contributed by atoms with E-state index in [1.807, 2.05) is 13.8 Å². The summed E-state index contributed by atoms with van der Waals surface area (Å²) in [5.41, 5.74) is 1.43. The standard InChI is InChI=1S/C15H19NO3/c1-3-12(4-2)15(19)16-13-7-5-6-11(10-13)8-9-14(17)18/h5-10,12H,3-4H2,1-2H3,(H,16,19)(H,17,18)/b9-8+. The average molecular weight is 261 g/mol. The first-order valence-corrected chi connectivity index (χ1v) is 6.38. The molecule has 0 unspecified atom stereocenters. The van der Waals surface area contributed by atoms with E-state index in [2.05, 4.69) is 5.32 Å². The van der Waals surface area contributed by atoms with Gasteiger partial charge in [0, 0.05) is 17.7 Å². The highest BCUT2D eigenvalue weighted by atomic mass is 16.4. The van der Waals surface area contributed by atoms with Gasteiger partial charge < -0.3 is 10.4 Å². The third kappa shape index (κ3) is 4.95. The number of carboxylic acids is 1. The van der Waals surface area contributed by atoms with Gasteiger partial charge in [0.1, 0.15) is 0 Å². The van der Waals surface area contributed by atoms with Gasteiger partial charge in [-0.2, -0.15) is 0 Å². The van der Waals surface area contributed by atoms with Gasteiger partial charge >= 0.3 is 5.97 Å². The van der Waals surface area contributed by atoms with Gasteiger partial charge in [0.2, 0.25) is 5.91 Å². The van der Waals surface area contributed by atoms with Gasteiger partial charge in [-0.3, -0.25) is 4.79 Å². The number of hydrogen-bond acceptors (Lipinski definition) is 2. The number of nitrogens with one attached hydrogen (secondary N) is 1. The van der Waals surface area contributed by atoms with Gasteiger partial charge in [-0.15, -0.1) is 0 Å². The third-order valence-electron chi connectivity index (χ3n) is 2.93. The van der Waals surface area contributed by atoms with Gasteiger partial charge in [-0.1, -0.05) is 26.0 Å². The molecule has 19 heavy (non-hydrogen) atoms. The number of carbonyl (C=O) groups is 2. The first-order valence-electron chi connectivity index (χ1n) is 6.38. The number of benzene rings is 1. The quantitative estimate of drug-likeness (QED) is 0.773. The normalized spacial score (nSPS) is 10.9. The van der Waals surface area contributed by atoms with Crippen molar-refractivity contribution in [1.82, 2.24) is 0 Å². The van der Waals surface area contributed by atoms with Gasteiger partial charge in [0.25, 0.3) is 0 Å². The molecule has 1 rings (SSSR count). The number of carbonyl (C=O) groups excluding carboxylic acids is 1. The van der Waals surface area contributed by atoms with E-state index < -0.39 is 5.97 Å². The fraction of sp³-hybridized carbons (Fsp3) is 0.333. The van der Waals surface area contributed by atoms with Crippen LogP contribution < -0.4 is 5.32 Å². The molecule has 0 heterocycles. The number of carboxylic acid groups (broad SMARTS) is 1. The molecule has 0 spiro atoms. The number of amides is 1. The zero-order valence-electron chi connectivity index (χ0n) is 11.2. The minimum Gasteiger partial charge on any atom is -0.478 e. The van der Waals surface area contributed by atoms with Crippen LogP contribution in [0.25, 0.3) is 6.08 Å². The summed E-state index contributed by atoms with van der Waals surface area (Å²) in [6.07, 6.45) is 4.18. The Kier molecular flexibility index (Phi) is 5.79. The highest BCUT2D eigenvalue weighted by molar-refractivity contribution is 5.93. The predicted molar refractivity (Wildman–Crippen MR) is 75.8 cm³/mol. The zero-order chi connectivity index (χ0) is 14.3. The van der Waals surface area contributed by atoms with E-state index in [9.17, 15) is 9.59 Å². The van der Waals surface area contributed by atoms with Crippen LogP contribution in [0.15, 0.2) is 30.3 Å². The Bertz CT molecular complexity index is 476. The Morgan fingerprint density at radius 2 is 2.00 bits per heavy atom. The van der Waals surface area contributed by atoms with E-state index in [1.54, 1.807) is 24.3 Å². The molecule has 2 N–H and O–H groups in total. The van der Waals surface area contributed by atoms with Crippen molar-refractivity contribution in [2.75, 3.05) is 5.32 Å². The SMILES string of the molecule is CCC(CC)C(=O)Nc1cccc(/C=C/C(=O)O)c1. The van der Waals surface area contributed by atoms with Gasteiger partial charge in [-0.25, -0.2) is 4.79 Å². The highest BCUT2D eigenvalue weighted by Crippen LogP contribution is 2.15. The summed E-state index contributed by atoms with van der Waals surface area (Å²) >= 11 is 0. The number of rotatable bonds is 6. The lowest BCUT2D eigenvalue weighted by Gasteiger charge is -2.12. The van der Waals surface area contributed by atoms with Crippen LogP contribution in [0.4, 0.5) is 5.69 Å². The molecule has 0 aliphatic carbocycles. The topological polar surface area (TPSA) is 66.4 Å². The molecule has 0 bridgehead atoms. The summed E-state index contributed by atoms with van der Waals surface area (Å²) in [6, 6.07) is 7.11. The molecular formula is C15H19NO3. The molecule has 1 aromatic rings. The van der Waals surface area contributed by atoms with Crippen molar-refractivity contribution < 1.29 is 14.7 Å². The van der Waals surface area contributed by atoms with Gasteiger partial charge in [0.05, 0.1) is 0 Å². The van der Waals surface area contributed by atoms with E-state index in [4.69, 9.17) is 5.11 Å². The van der Waals surface area contributed by atoms with E-state index in [0.717, 1.165) is 24.5 Å². The highest BCUT2D eigenvalue weighted by Gasteiger charge is 2.13. The lowest BCUT2D eigenvalue weighted by molar-refractivity contribution is -0.131. The van der Waals surface area contributed by atoms with E-state index in [-0.39, 0.29) is 11.8 Å². The Morgan fingerprint density at radius 3 is 2.58 bits per heavy atom. The van der Waals surface area contributed by atoms with Crippen molar-refractivity contribution in [3.8, 4) is 0 Å². The Labute approximate surface area is 113 Å². The van der Waals surface area contributed by atoms with E-state index >= 15 is 0 Å². The maximum absolute atomic E-state index is 11.9. The van der Waals surface area contributed by atoms with Crippen LogP contribution in [0.5, 0.6) is 0 Å². The second-order valence-electron chi connectivity index (χ2n) is 4.30. The fourth-order valence-electron chi connectivity index (χ4n) is 1.79. The second kappa shape index (κ2) is 7.36. The molecule has 1 aromatic carbocycles. The summed E-state index contributed by atoms with van der Waals surface area (Å²) in [6.45, 7) is 3.97. The minimum absolute atomic E-state index is 0.00404. The van der Waals surface area contributed by atoms with Crippen molar-refractivity contribution in [3.63, 3.8) is 0 Å². The average Bonchev–Trinajstić information content (AvgIpc) is 2.38. The summed E-state index contributed by atoms with van der Waals surface area (Å²) in [4.78, 5) is 22.4. The first-order chi connectivity index (χ1) is 9.06. The van der Waals surface area contributed by atoms with Crippen LogP contribution in [-0.2, 0) is 9.59 Å². The molecule has 0 aromatic heterocycles. The second-order valence-corrected chi connectivity index (χ2v) is 4.30. The minimum atomic E-state index is -0.994. The zero-order valence-corrected chi connectivity index (χ0v) is 11.2. The van der Waals surface area contributed by atoms with Crippen molar-refractivity contribution in [1.29, 1.82) is 0 Å². The fourth-order valence-corrected chi connectivity index (χ4v) is 1.79. The van der Waals surface area contributed by atoms with Crippen molar-refractivity contribution >= 4 is 23.6 Å². The molecule has 1 amide bonds. The number of anilines is 1. The van der Waals surface area contributed by atoms with Crippen molar-refractivity contribution in [3.05, 3.63) is 35.9 Å². The number of hydrogen-bond donors (Lipinski definition) is 2. The molecule has 4 heteroatoms. The molecule has 0 atom stereocenters. The lowest BCUT2D eigenvalue weighted by Crippen LogP contribution is -2.21. The summed E-state index contributed by atoms with van der Waals surface area (Å²) in [5, 5.41) is 11.4. The van der Waals surface area contributed by atoms with Gasteiger partial charge in [0.15, 0.2) is 0 Å². The van der Waals surface area contributed by atoms with Gasteiger partial charge in [-0.05, 0) is 36.6 Å². The summed E-state index contributed by atoms with van der Waals surface area (Å²) in [5.74, 6) is -0.978. The number of aliphatic carboxylic acids is 1. The molecule has 0 radical (unpaired) electrons. The monoisotopic (exact) mass is 261 g/mol. The lowest BCUT2D eigenvalue weighted by atomic mass is 10.0. The molecule has 0 saturated heterocycles. The smallest absolute Gasteiger partial charge is 0.328 e. The van der Waals surface area contributed by atoms with Crippen molar-refractivity contribution in [2.45, 2.75) is 26.7 Å². The van der Waals surface area contributed by atoms with E-state index in [0.29, 0.717) is 5.69 Å². The molecule has 0 fully saturated rings. The van der Waals surface area contributed by atoms with Crippen LogP contribution >= 0.6 is 0 Å². The summed E-state index contributed by atoms with van der Waals surface area (Å²) < 4.78 is 0. The molecule has 4 nitrogen and oxygen atoms in total. The molecule has 0 aliphatic rings. The van der Waals surface area contributed by atoms with Crippen molar-refractivity contribution in [2.24, 2.45) is 5.92 Å². The van der Waals surface area contributed by atoms with Crippen LogP contribution in [0, 0.1) is 5.92 Å². The molecule has 0 saturated carbocycles. The maximum Gasteiger partial charge on any atom is 0.328 e. The predicted octanol–water partition coefficient (Wildman–Crippen LogP) is 3.16. The van der Waals surface area contributed by atoms with Crippen LogP contribution in [0.2, 0.25) is 0 Å².